The van der Waals surface area contributed by atoms with Gasteiger partial charge in [0, 0.05) is 9.65 Å². The Bertz CT molecular complexity index is 1010. The SMILES string of the molecule is COC(=O)c1cc(I)c(NC2=CC(=O)N(CCO)C2=O)c(OCc2ccccc2)c1. The van der Waals surface area contributed by atoms with E-state index in [0.717, 1.165) is 10.5 Å². The largest absolute Gasteiger partial charge is 0.487 e. The number of methoxy groups -OCH3 is 1. The van der Waals surface area contributed by atoms with Gasteiger partial charge in [0.25, 0.3) is 11.8 Å². The molecule has 3 rings (SSSR count). The van der Waals surface area contributed by atoms with Crippen LogP contribution in [0.5, 0.6) is 5.75 Å². The molecule has 0 atom stereocenters. The van der Waals surface area contributed by atoms with Gasteiger partial charge in [0.15, 0.2) is 0 Å². The molecule has 0 saturated carbocycles. The standard InChI is InChI=1S/C21H19IN2O6/c1-29-21(28)14-9-15(22)19(17(10-14)30-12-13-5-3-2-4-6-13)23-16-11-18(26)24(7-8-25)20(16)27/h2-6,9-11,23,25H,7-8,12H2,1H3. The van der Waals surface area contributed by atoms with Gasteiger partial charge in [-0.2, -0.15) is 0 Å². The number of hydrogen-bond acceptors (Lipinski definition) is 7. The van der Waals surface area contributed by atoms with Crippen LogP contribution in [0.25, 0.3) is 0 Å². The number of ether oxygens (including phenoxy) is 2. The minimum absolute atomic E-state index is 0.0572. The van der Waals surface area contributed by atoms with Crippen molar-refractivity contribution in [3.05, 3.63) is 68.9 Å². The van der Waals surface area contributed by atoms with Crippen LogP contribution in [0.2, 0.25) is 0 Å². The highest BCUT2D eigenvalue weighted by atomic mass is 127. The second kappa shape index (κ2) is 9.72. The molecule has 0 radical (unpaired) electrons. The van der Waals surface area contributed by atoms with Gasteiger partial charge < -0.3 is 19.9 Å². The number of nitrogens with zero attached hydrogens (tertiary/aromatic N) is 1. The second-order valence-corrected chi connectivity index (χ2v) is 7.46. The maximum absolute atomic E-state index is 12.5. The smallest absolute Gasteiger partial charge is 0.338 e. The molecular formula is C21H19IN2O6. The van der Waals surface area contributed by atoms with E-state index >= 15 is 0 Å². The molecule has 8 nitrogen and oxygen atoms in total. The number of benzene rings is 2. The lowest BCUT2D eigenvalue weighted by Gasteiger charge is -2.18. The predicted octanol–water partition coefficient (Wildman–Crippen LogP) is 2.31. The van der Waals surface area contributed by atoms with Crippen molar-refractivity contribution in [1.29, 1.82) is 0 Å². The first kappa shape index (κ1) is 21.8. The molecule has 30 heavy (non-hydrogen) atoms. The fourth-order valence-electron chi connectivity index (χ4n) is 2.83. The van der Waals surface area contributed by atoms with E-state index in [9.17, 15) is 14.4 Å². The number of amides is 2. The first-order chi connectivity index (χ1) is 14.4. The highest BCUT2D eigenvalue weighted by Gasteiger charge is 2.31. The van der Waals surface area contributed by atoms with E-state index in [4.69, 9.17) is 14.6 Å². The van der Waals surface area contributed by atoms with Crippen molar-refractivity contribution in [1.82, 2.24) is 4.90 Å². The van der Waals surface area contributed by atoms with Gasteiger partial charge in [-0.3, -0.25) is 14.5 Å². The lowest BCUT2D eigenvalue weighted by molar-refractivity contribution is -0.137. The summed E-state index contributed by atoms with van der Waals surface area (Å²) in [5.74, 6) is -1.25. The van der Waals surface area contributed by atoms with Crippen molar-refractivity contribution in [2.45, 2.75) is 6.61 Å². The third-order valence-corrected chi connectivity index (χ3v) is 5.16. The summed E-state index contributed by atoms with van der Waals surface area (Å²) >= 11 is 2.01. The first-order valence-corrected chi connectivity index (χ1v) is 10.1. The number of carbonyl (C=O) groups excluding carboxylic acids is 3. The van der Waals surface area contributed by atoms with Crippen molar-refractivity contribution in [3.8, 4) is 5.75 Å². The summed E-state index contributed by atoms with van der Waals surface area (Å²) in [4.78, 5) is 37.5. The van der Waals surface area contributed by atoms with Gasteiger partial charge in [-0.1, -0.05) is 30.3 Å². The Kier molecular flexibility index (Phi) is 7.06. The molecule has 9 heteroatoms. The van der Waals surface area contributed by atoms with Crippen molar-refractivity contribution < 1.29 is 29.0 Å². The molecule has 2 aromatic carbocycles. The topological polar surface area (TPSA) is 105 Å². The van der Waals surface area contributed by atoms with Crippen LogP contribution in [0, 0.1) is 3.57 Å². The summed E-state index contributed by atoms with van der Waals surface area (Å²) in [6.07, 6.45) is 1.17. The number of imide groups is 1. The zero-order chi connectivity index (χ0) is 21.7. The van der Waals surface area contributed by atoms with Crippen LogP contribution >= 0.6 is 22.6 Å². The Hall–Kier alpha value is -2.92. The summed E-state index contributed by atoms with van der Waals surface area (Å²) in [7, 11) is 1.29. The molecule has 0 aromatic heterocycles. The Labute approximate surface area is 186 Å². The van der Waals surface area contributed by atoms with Crippen molar-refractivity contribution in [2.24, 2.45) is 0 Å². The fourth-order valence-corrected chi connectivity index (χ4v) is 3.57. The van der Waals surface area contributed by atoms with Crippen LogP contribution in [0.4, 0.5) is 5.69 Å². The third-order valence-electron chi connectivity index (χ3n) is 4.30. The van der Waals surface area contributed by atoms with Crippen LogP contribution in [0.15, 0.2) is 54.2 Å². The van der Waals surface area contributed by atoms with Crippen molar-refractivity contribution >= 4 is 46.1 Å². The molecule has 1 heterocycles. The molecule has 156 valence electrons. The normalized spacial score (nSPS) is 13.3. The number of nitrogens with one attached hydrogen (secondary N) is 1. The minimum Gasteiger partial charge on any atom is -0.487 e. The summed E-state index contributed by atoms with van der Waals surface area (Å²) in [6, 6.07) is 12.6. The molecule has 1 aliphatic rings. The van der Waals surface area contributed by atoms with E-state index in [2.05, 4.69) is 5.32 Å². The Balaban J connectivity index is 1.92. The van der Waals surface area contributed by atoms with Crippen molar-refractivity contribution in [3.63, 3.8) is 0 Å². The van der Waals surface area contributed by atoms with Crippen LogP contribution in [0.1, 0.15) is 15.9 Å². The van der Waals surface area contributed by atoms with Gasteiger partial charge in [0.1, 0.15) is 18.1 Å². The number of esters is 1. The second-order valence-electron chi connectivity index (χ2n) is 6.30. The molecular weight excluding hydrogens is 503 g/mol. The molecule has 0 saturated heterocycles. The molecule has 0 unspecified atom stereocenters. The van der Waals surface area contributed by atoms with Gasteiger partial charge in [-0.05, 0) is 40.3 Å². The number of β-amino-alcohol motifs (C(OH)–C–C–N with tert-alkyl or cyclic N) is 1. The highest BCUT2D eigenvalue weighted by molar-refractivity contribution is 14.1. The number of aliphatic hydroxyl groups excluding tert-OH is 1. The molecule has 2 amide bonds. The lowest BCUT2D eigenvalue weighted by atomic mass is 10.1. The van der Waals surface area contributed by atoms with Gasteiger partial charge in [0.05, 0.1) is 31.5 Å². The van der Waals surface area contributed by atoms with E-state index in [1.54, 1.807) is 6.07 Å². The molecule has 1 aliphatic heterocycles. The van der Waals surface area contributed by atoms with E-state index in [0.29, 0.717) is 20.6 Å². The first-order valence-electron chi connectivity index (χ1n) is 8.98. The zero-order valence-electron chi connectivity index (χ0n) is 16.1. The van der Waals surface area contributed by atoms with Crippen LogP contribution < -0.4 is 10.1 Å². The number of halogens is 1. The molecule has 0 bridgehead atoms. The average Bonchev–Trinajstić information content (AvgIpc) is 3.01. The lowest BCUT2D eigenvalue weighted by Crippen LogP contribution is -2.34. The Morgan fingerprint density at radius 2 is 1.93 bits per heavy atom. The van der Waals surface area contributed by atoms with Gasteiger partial charge in [0.2, 0.25) is 0 Å². The van der Waals surface area contributed by atoms with Gasteiger partial charge in [-0.25, -0.2) is 4.79 Å². The summed E-state index contributed by atoms with van der Waals surface area (Å²) < 4.78 is 11.3. The average molecular weight is 522 g/mol. The molecule has 0 aliphatic carbocycles. The number of carbonyl (C=O) groups is 3. The number of rotatable bonds is 8. The van der Waals surface area contributed by atoms with Crippen LogP contribution in [-0.2, 0) is 20.9 Å². The van der Waals surface area contributed by atoms with E-state index in [1.807, 2.05) is 52.9 Å². The highest BCUT2D eigenvalue weighted by Crippen LogP contribution is 2.34. The Morgan fingerprint density at radius 1 is 1.20 bits per heavy atom. The van der Waals surface area contributed by atoms with Gasteiger partial charge >= 0.3 is 5.97 Å². The molecule has 2 N–H and O–H groups in total. The van der Waals surface area contributed by atoms with E-state index < -0.39 is 17.8 Å². The summed E-state index contributed by atoms with van der Waals surface area (Å²) in [5, 5.41) is 12.0. The minimum atomic E-state index is -0.545. The summed E-state index contributed by atoms with van der Waals surface area (Å²) in [6.45, 7) is -0.177. The number of anilines is 1. The van der Waals surface area contributed by atoms with E-state index in [-0.39, 0.29) is 25.5 Å². The number of hydrogen-bond donors (Lipinski definition) is 2. The summed E-state index contributed by atoms with van der Waals surface area (Å²) in [5.41, 5.74) is 1.71. The Morgan fingerprint density at radius 3 is 2.60 bits per heavy atom. The van der Waals surface area contributed by atoms with E-state index in [1.165, 1.54) is 19.3 Å². The molecule has 2 aromatic rings. The monoisotopic (exact) mass is 522 g/mol. The molecule has 0 fully saturated rings. The maximum Gasteiger partial charge on any atom is 0.338 e. The van der Waals surface area contributed by atoms with Crippen LogP contribution in [-0.4, -0.2) is 48.1 Å². The maximum atomic E-state index is 12.5. The molecule has 0 spiro atoms. The van der Waals surface area contributed by atoms with Crippen molar-refractivity contribution in [2.75, 3.05) is 25.6 Å². The zero-order valence-corrected chi connectivity index (χ0v) is 18.2. The quantitative estimate of drug-likeness (QED) is 0.312. The number of aliphatic hydroxyl groups is 1. The third kappa shape index (κ3) is 4.79. The fraction of sp³-hybridized carbons (Fsp3) is 0.190. The van der Waals surface area contributed by atoms with Crippen LogP contribution in [0.3, 0.4) is 0 Å². The predicted molar refractivity (Wildman–Crippen MR) is 117 cm³/mol. The van der Waals surface area contributed by atoms with Gasteiger partial charge in [-0.15, -0.1) is 0 Å².